The minimum absolute atomic E-state index is 0.0888. The molecule has 11 nitrogen and oxygen atoms in total. The number of nitrogens with one attached hydrogen (secondary N) is 2. The molecule has 0 radical (unpaired) electrons. The minimum atomic E-state index is -0.628. The van der Waals surface area contributed by atoms with Gasteiger partial charge in [-0.2, -0.15) is 5.10 Å². The molecule has 0 unspecified atom stereocenters. The summed E-state index contributed by atoms with van der Waals surface area (Å²) >= 11 is 0. The van der Waals surface area contributed by atoms with Gasteiger partial charge in [-0.1, -0.05) is 6.07 Å². The first-order valence-corrected chi connectivity index (χ1v) is 7.83. The molecule has 0 aliphatic heterocycles. The highest BCUT2D eigenvalue weighted by atomic mass is 16.6. The number of fused-ring (bicyclic) bond motifs is 1. The van der Waals surface area contributed by atoms with E-state index in [4.69, 9.17) is 11.5 Å². The Labute approximate surface area is 152 Å². The van der Waals surface area contributed by atoms with E-state index in [1.807, 2.05) is 0 Å². The molecule has 2 heterocycles. The van der Waals surface area contributed by atoms with E-state index in [1.54, 1.807) is 19.1 Å². The molecule has 0 saturated heterocycles. The van der Waals surface area contributed by atoms with E-state index >= 15 is 0 Å². The van der Waals surface area contributed by atoms with Crippen molar-refractivity contribution in [2.24, 2.45) is 16.5 Å². The van der Waals surface area contributed by atoms with Crippen LogP contribution in [0.4, 0.5) is 11.4 Å². The number of aliphatic imine (C=N–C) groups is 1. The Kier molecular flexibility index (Phi) is 4.66. The molecule has 1 amide bonds. The van der Waals surface area contributed by atoms with E-state index in [0.717, 1.165) is 0 Å². The predicted octanol–water partition coefficient (Wildman–Crippen LogP) is 1.45. The fraction of sp³-hybridized carbons (Fsp3) is 0.125. The van der Waals surface area contributed by atoms with E-state index in [0.29, 0.717) is 22.3 Å². The molecule has 0 aliphatic carbocycles. The molecule has 3 aromatic rings. The average molecular weight is 368 g/mol. The number of hydrogen-bond donors (Lipinski definition) is 4. The van der Waals surface area contributed by atoms with Crippen molar-refractivity contribution in [2.45, 2.75) is 13.0 Å². The Balaban J connectivity index is 1.95. The van der Waals surface area contributed by atoms with Crippen LogP contribution in [0, 0.1) is 10.1 Å². The number of nitro benzene ring substituents is 1. The van der Waals surface area contributed by atoms with Crippen LogP contribution in [0.25, 0.3) is 11.0 Å². The third-order valence-electron chi connectivity index (χ3n) is 3.89. The van der Waals surface area contributed by atoms with E-state index in [2.05, 4.69) is 25.5 Å². The van der Waals surface area contributed by atoms with Crippen molar-refractivity contribution in [3.63, 3.8) is 0 Å². The van der Waals surface area contributed by atoms with Crippen molar-refractivity contribution in [3.05, 3.63) is 57.9 Å². The van der Waals surface area contributed by atoms with Crippen LogP contribution in [0.3, 0.4) is 0 Å². The highest BCUT2D eigenvalue weighted by molar-refractivity contribution is 6.10. The Morgan fingerprint density at radius 2 is 2.15 bits per heavy atom. The van der Waals surface area contributed by atoms with E-state index in [9.17, 15) is 14.9 Å². The first-order valence-electron chi connectivity index (χ1n) is 7.83. The van der Waals surface area contributed by atoms with Gasteiger partial charge in [0.1, 0.15) is 5.56 Å². The summed E-state index contributed by atoms with van der Waals surface area (Å²) in [5, 5.41) is 21.3. The standard InChI is InChI=1S/C16H16N8O3/c1-8(21-16(17)18)9-2-3-10(13(6-9)24(26)27)15(25)22-12-4-5-19-14-11(12)7-20-23-14/h2-8H,1H3,(H4,17,18,21)(H2,19,20,22,23,25)/t8-/m1/s1. The van der Waals surface area contributed by atoms with Crippen LogP contribution < -0.4 is 16.8 Å². The second kappa shape index (κ2) is 7.07. The zero-order valence-electron chi connectivity index (χ0n) is 14.2. The van der Waals surface area contributed by atoms with Crippen LogP contribution in [-0.2, 0) is 0 Å². The number of pyridine rings is 1. The van der Waals surface area contributed by atoms with Gasteiger partial charge < -0.3 is 16.8 Å². The number of rotatable bonds is 5. The lowest BCUT2D eigenvalue weighted by Crippen LogP contribution is -2.23. The first-order chi connectivity index (χ1) is 12.9. The molecule has 11 heteroatoms. The number of nitrogens with zero attached hydrogens (tertiary/aromatic N) is 4. The summed E-state index contributed by atoms with van der Waals surface area (Å²) in [5.41, 5.74) is 11.7. The van der Waals surface area contributed by atoms with Gasteiger partial charge in [-0.15, -0.1) is 0 Å². The molecule has 27 heavy (non-hydrogen) atoms. The van der Waals surface area contributed by atoms with Gasteiger partial charge in [0.25, 0.3) is 11.6 Å². The third-order valence-corrected chi connectivity index (χ3v) is 3.89. The topological polar surface area (TPSA) is 178 Å². The monoisotopic (exact) mass is 368 g/mol. The molecule has 0 aliphatic rings. The molecule has 6 N–H and O–H groups in total. The van der Waals surface area contributed by atoms with Crippen molar-refractivity contribution in [1.29, 1.82) is 0 Å². The summed E-state index contributed by atoms with van der Waals surface area (Å²) in [7, 11) is 0. The second-order valence-corrected chi connectivity index (χ2v) is 5.71. The fourth-order valence-corrected chi connectivity index (χ4v) is 2.60. The summed E-state index contributed by atoms with van der Waals surface area (Å²) in [6.45, 7) is 1.69. The van der Waals surface area contributed by atoms with Gasteiger partial charge in [0.2, 0.25) is 0 Å². The van der Waals surface area contributed by atoms with Gasteiger partial charge in [-0.05, 0) is 24.6 Å². The molecule has 3 rings (SSSR count). The zero-order chi connectivity index (χ0) is 19.6. The number of aromatic amines is 1. The van der Waals surface area contributed by atoms with E-state index in [1.165, 1.54) is 24.5 Å². The molecule has 2 aromatic heterocycles. The number of aromatic nitrogens is 3. The Bertz CT molecular complexity index is 1050. The van der Waals surface area contributed by atoms with Crippen LogP contribution in [0.15, 0.2) is 41.7 Å². The van der Waals surface area contributed by atoms with Gasteiger partial charge in [-0.3, -0.25) is 20.0 Å². The van der Waals surface area contributed by atoms with Crippen LogP contribution >= 0.6 is 0 Å². The molecule has 0 saturated carbocycles. The molecular weight excluding hydrogens is 352 g/mol. The summed E-state index contributed by atoms with van der Waals surface area (Å²) in [6.07, 6.45) is 3.00. The lowest BCUT2D eigenvalue weighted by atomic mass is 10.0. The maximum Gasteiger partial charge on any atom is 0.282 e. The number of amides is 1. The van der Waals surface area contributed by atoms with Gasteiger partial charge in [-0.25, -0.2) is 9.98 Å². The van der Waals surface area contributed by atoms with Crippen LogP contribution in [0.5, 0.6) is 0 Å². The SMILES string of the molecule is C[C@@H](N=C(N)N)c1ccc(C(=O)Nc2ccnc3[nH]ncc23)c([N+](=O)[O-])c1. The fourth-order valence-electron chi connectivity index (χ4n) is 2.60. The summed E-state index contributed by atoms with van der Waals surface area (Å²) < 4.78 is 0. The molecule has 0 bridgehead atoms. The normalized spacial score (nSPS) is 11.7. The smallest absolute Gasteiger partial charge is 0.282 e. The van der Waals surface area contributed by atoms with Crippen LogP contribution in [-0.4, -0.2) is 32.0 Å². The maximum atomic E-state index is 12.6. The average Bonchev–Trinajstić information content (AvgIpc) is 3.10. The zero-order valence-corrected chi connectivity index (χ0v) is 14.2. The van der Waals surface area contributed by atoms with Crippen molar-refractivity contribution < 1.29 is 9.72 Å². The number of guanidine groups is 1. The molecule has 0 fully saturated rings. The largest absolute Gasteiger partial charge is 0.370 e. The summed E-state index contributed by atoms with van der Waals surface area (Å²) in [6, 6.07) is 5.31. The Morgan fingerprint density at radius 3 is 2.85 bits per heavy atom. The maximum absolute atomic E-state index is 12.6. The number of hydrogen-bond acceptors (Lipinski definition) is 6. The van der Waals surface area contributed by atoms with Crippen molar-refractivity contribution in [1.82, 2.24) is 15.2 Å². The summed E-state index contributed by atoms with van der Waals surface area (Å²) in [4.78, 5) is 31.5. The molecular formula is C16H16N8O3. The number of anilines is 1. The van der Waals surface area contributed by atoms with Gasteiger partial charge in [0, 0.05) is 12.3 Å². The number of H-pyrrole nitrogens is 1. The highest BCUT2D eigenvalue weighted by Gasteiger charge is 2.23. The lowest BCUT2D eigenvalue weighted by molar-refractivity contribution is -0.385. The predicted molar refractivity (Wildman–Crippen MR) is 99.2 cm³/mol. The number of benzene rings is 1. The van der Waals surface area contributed by atoms with Crippen molar-refractivity contribution in [3.8, 4) is 0 Å². The highest BCUT2D eigenvalue weighted by Crippen LogP contribution is 2.27. The molecule has 138 valence electrons. The number of carbonyl (C=O) groups excluding carboxylic acids is 1. The van der Waals surface area contributed by atoms with E-state index in [-0.39, 0.29) is 17.2 Å². The third kappa shape index (κ3) is 3.66. The second-order valence-electron chi connectivity index (χ2n) is 5.71. The number of carbonyl (C=O) groups is 1. The Morgan fingerprint density at radius 1 is 1.37 bits per heavy atom. The molecule has 0 spiro atoms. The molecule has 1 aromatic carbocycles. The van der Waals surface area contributed by atoms with Gasteiger partial charge in [0.15, 0.2) is 11.6 Å². The number of nitro groups is 1. The quantitative estimate of drug-likeness (QED) is 0.228. The lowest BCUT2D eigenvalue weighted by Gasteiger charge is -2.10. The summed E-state index contributed by atoms with van der Waals surface area (Å²) in [5.74, 6) is -0.759. The minimum Gasteiger partial charge on any atom is -0.370 e. The van der Waals surface area contributed by atoms with E-state index < -0.39 is 16.9 Å². The van der Waals surface area contributed by atoms with Gasteiger partial charge in [0.05, 0.1) is 28.2 Å². The van der Waals surface area contributed by atoms with Crippen LogP contribution in [0.2, 0.25) is 0 Å². The Hall–Kier alpha value is -4.02. The van der Waals surface area contributed by atoms with Crippen molar-refractivity contribution in [2.75, 3.05) is 5.32 Å². The van der Waals surface area contributed by atoms with Crippen LogP contribution in [0.1, 0.15) is 28.9 Å². The number of nitrogens with two attached hydrogens (primary N) is 2. The van der Waals surface area contributed by atoms with Gasteiger partial charge >= 0.3 is 0 Å². The molecule has 1 atom stereocenters. The first kappa shape index (κ1) is 17.8. The van der Waals surface area contributed by atoms with Crippen molar-refractivity contribution >= 4 is 34.3 Å².